The van der Waals surface area contributed by atoms with Crippen molar-refractivity contribution in [3.63, 3.8) is 0 Å². The highest BCUT2D eigenvalue weighted by molar-refractivity contribution is 8.13. The Kier molecular flexibility index (Phi) is 2.76. The summed E-state index contributed by atoms with van der Waals surface area (Å²) in [5.41, 5.74) is -0.996. The zero-order valence-electron chi connectivity index (χ0n) is 7.86. The molecule has 0 bridgehead atoms. The summed E-state index contributed by atoms with van der Waals surface area (Å²) in [6.45, 7) is 0. The van der Waals surface area contributed by atoms with Gasteiger partial charge in [0.05, 0.1) is 15.3 Å². The lowest BCUT2D eigenvalue weighted by Gasteiger charge is -2.00. The van der Waals surface area contributed by atoms with Crippen LogP contribution in [0.5, 0.6) is 0 Å². The number of H-pyrrole nitrogens is 1. The van der Waals surface area contributed by atoms with E-state index in [0.29, 0.717) is 0 Å². The van der Waals surface area contributed by atoms with Gasteiger partial charge in [-0.15, -0.1) is 0 Å². The van der Waals surface area contributed by atoms with Crippen LogP contribution in [0.2, 0.25) is 5.02 Å². The monoisotopic (exact) mass is 295 g/mol. The minimum absolute atomic E-state index is 0.170. The van der Waals surface area contributed by atoms with Crippen molar-refractivity contribution in [1.82, 2.24) is 4.98 Å². The largest absolute Gasteiger partial charge is 0.419 e. The molecule has 0 radical (unpaired) electrons. The maximum Gasteiger partial charge on any atom is 0.419 e. The molecule has 6 nitrogen and oxygen atoms in total. The Hall–Kier alpha value is -1.31. The number of aromatic amines is 1. The van der Waals surface area contributed by atoms with Crippen LogP contribution in [0, 0.1) is 0 Å². The minimum Gasteiger partial charge on any atom is -0.408 e. The Morgan fingerprint density at radius 3 is 2.47 bits per heavy atom. The number of fused-ring (bicyclic) bond motifs is 1. The summed E-state index contributed by atoms with van der Waals surface area (Å²) in [5.74, 6) is -0.981. The average Bonchev–Trinajstić information content (AvgIpc) is 2.17. The first kappa shape index (κ1) is 12.2. The van der Waals surface area contributed by atoms with Gasteiger partial charge in [0.15, 0.2) is 5.58 Å². The van der Waals surface area contributed by atoms with Crippen molar-refractivity contribution in [3.8, 4) is 0 Å². The van der Waals surface area contributed by atoms with Crippen LogP contribution in [0.15, 0.2) is 31.0 Å². The second kappa shape index (κ2) is 3.86. The van der Waals surface area contributed by atoms with Crippen molar-refractivity contribution in [3.05, 3.63) is 38.1 Å². The maximum atomic E-state index is 11.4. The molecule has 2 aromatic rings. The van der Waals surface area contributed by atoms with Crippen LogP contribution in [0.3, 0.4) is 0 Å². The van der Waals surface area contributed by atoms with Crippen molar-refractivity contribution in [2.24, 2.45) is 0 Å². The molecular formula is C8H3Cl2NO5S. The van der Waals surface area contributed by atoms with Gasteiger partial charge in [0.1, 0.15) is 0 Å². The molecular weight excluding hydrogens is 293 g/mol. The van der Waals surface area contributed by atoms with Crippen LogP contribution in [-0.4, -0.2) is 13.4 Å². The number of rotatable bonds is 1. The van der Waals surface area contributed by atoms with Gasteiger partial charge in [-0.2, -0.15) is 0 Å². The number of hydrogen-bond acceptors (Lipinski definition) is 5. The highest BCUT2D eigenvalue weighted by Gasteiger charge is 2.16. The summed E-state index contributed by atoms with van der Waals surface area (Å²) >= 11 is 5.70. The van der Waals surface area contributed by atoms with E-state index in [1.807, 2.05) is 4.98 Å². The minimum atomic E-state index is -4.03. The predicted octanol–water partition coefficient (Wildman–Crippen LogP) is 1.06. The van der Waals surface area contributed by atoms with E-state index in [-0.39, 0.29) is 20.9 Å². The molecule has 0 amide bonds. The van der Waals surface area contributed by atoms with Crippen LogP contribution >= 0.6 is 22.3 Å². The van der Waals surface area contributed by atoms with Gasteiger partial charge < -0.3 is 4.42 Å². The third kappa shape index (κ3) is 2.21. The quantitative estimate of drug-likeness (QED) is 0.794. The van der Waals surface area contributed by atoms with E-state index in [1.54, 1.807) is 0 Å². The summed E-state index contributed by atoms with van der Waals surface area (Å²) in [5, 5.41) is -0.360. The third-order valence-corrected chi connectivity index (χ3v) is 3.57. The molecule has 90 valence electrons. The molecule has 0 aliphatic heterocycles. The third-order valence-electron chi connectivity index (χ3n) is 1.95. The van der Waals surface area contributed by atoms with Crippen molar-refractivity contribution < 1.29 is 12.8 Å². The summed E-state index contributed by atoms with van der Waals surface area (Å²) < 4.78 is 26.9. The molecule has 9 heteroatoms. The highest BCUT2D eigenvalue weighted by Crippen LogP contribution is 2.26. The molecule has 0 saturated carbocycles. The van der Waals surface area contributed by atoms with Gasteiger partial charge in [0.25, 0.3) is 14.6 Å². The van der Waals surface area contributed by atoms with Crippen molar-refractivity contribution >= 4 is 42.3 Å². The first-order chi connectivity index (χ1) is 7.79. The van der Waals surface area contributed by atoms with E-state index in [2.05, 4.69) is 4.42 Å². The second-order valence-corrected chi connectivity index (χ2v) is 6.04. The maximum absolute atomic E-state index is 11.4. The zero-order chi connectivity index (χ0) is 12.8. The van der Waals surface area contributed by atoms with Gasteiger partial charge >= 0.3 is 5.76 Å². The molecule has 1 N–H and O–H groups in total. The summed E-state index contributed by atoms with van der Waals surface area (Å²) in [6, 6.07) is 1.97. The van der Waals surface area contributed by atoms with Gasteiger partial charge in [-0.3, -0.25) is 9.78 Å². The second-order valence-electron chi connectivity index (χ2n) is 3.06. The molecule has 0 saturated heterocycles. The number of nitrogens with one attached hydrogen (secondary N) is 1. The molecule has 1 aromatic heterocycles. The van der Waals surface area contributed by atoms with Crippen LogP contribution in [0.4, 0.5) is 0 Å². The standard InChI is InChI=1S/C8H3Cl2NO5S/c9-5-2-3(17(10,14)15)1-4-6(5)16-8(13)11-7(4)12/h1-2H,(H,11,12,13). The number of benzene rings is 1. The van der Waals surface area contributed by atoms with Crippen LogP contribution < -0.4 is 11.3 Å². The summed E-state index contributed by atoms with van der Waals surface area (Å²) in [7, 11) is 1.10. The van der Waals surface area contributed by atoms with E-state index in [4.69, 9.17) is 22.3 Å². The van der Waals surface area contributed by atoms with Crippen molar-refractivity contribution in [2.75, 3.05) is 0 Å². The van der Waals surface area contributed by atoms with Gasteiger partial charge in [-0.25, -0.2) is 13.2 Å². The Morgan fingerprint density at radius 2 is 1.88 bits per heavy atom. The van der Waals surface area contributed by atoms with E-state index in [0.717, 1.165) is 12.1 Å². The first-order valence-corrected chi connectivity index (χ1v) is 6.79. The van der Waals surface area contributed by atoms with Crippen molar-refractivity contribution in [2.45, 2.75) is 4.90 Å². The molecule has 0 atom stereocenters. The SMILES string of the molecule is O=c1[nH]c(=O)c2cc(S(=O)(=O)Cl)cc(Cl)c2o1. The lowest BCUT2D eigenvalue weighted by Crippen LogP contribution is -2.18. The predicted molar refractivity (Wildman–Crippen MR) is 61.2 cm³/mol. The molecule has 1 aromatic carbocycles. The highest BCUT2D eigenvalue weighted by atomic mass is 35.7. The fraction of sp³-hybridized carbons (Fsp3) is 0. The van der Waals surface area contributed by atoms with Gasteiger partial charge in [-0.1, -0.05) is 11.6 Å². The fourth-order valence-electron chi connectivity index (χ4n) is 1.26. The van der Waals surface area contributed by atoms with E-state index < -0.39 is 20.4 Å². The van der Waals surface area contributed by atoms with Gasteiger partial charge in [-0.05, 0) is 12.1 Å². The van der Waals surface area contributed by atoms with Gasteiger partial charge in [0.2, 0.25) is 0 Å². The van der Waals surface area contributed by atoms with Crippen LogP contribution in [0.1, 0.15) is 0 Å². The molecule has 2 rings (SSSR count). The Balaban J connectivity index is 3.03. The van der Waals surface area contributed by atoms with Crippen molar-refractivity contribution in [1.29, 1.82) is 0 Å². The van der Waals surface area contributed by atoms with Crippen LogP contribution in [-0.2, 0) is 9.05 Å². The molecule has 0 fully saturated rings. The first-order valence-electron chi connectivity index (χ1n) is 4.10. The Bertz CT molecular complexity index is 820. The lowest BCUT2D eigenvalue weighted by molar-refractivity contribution is 0.528. The van der Waals surface area contributed by atoms with E-state index in [1.165, 1.54) is 0 Å². The fourth-order valence-corrected chi connectivity index (χ4v) is 2.37. The molecule has 0 spiro atoms. The average molecular weight is 296 g/mol. The lowest BCUT2D eigenvalue weighted by atomic mass is 10.2. The Morgan fingerprint density at radius 1 is 1.24 bits per heavy atom. The summed E-state index contributed by atoms with van der Waals surface area (Å²) in [4.78, 5) is 23.8. The molecule has 0 unspecified atom stereocenters. The molecule has 1 heterocycles. The van der Waals surface area contributed by atoms with Crippen LogP contribution in [0.25, 0.3) is 11.0 Å². The Labute approximate surface area is 103 Å². The smallest absolute Gasteiger partial charge is 0.408 e. The summed E-state index contributed by atoms with van der Waals surface area (Å²) in [6.07, 6.45) is 0. The van der Waals surface area contributed by atoms with E-state index in [9.17, 15) is 18.0 Å². The number of hydrogen-bond donors (Lipinski definition) is 1. The zero-order valence-corrected chi connectivity index (χ0v) is 10.2. The van der Waals surface area contributed by atoms with E-state index >= 15 is 0 Å². The molecule has 17 heavy (non-hydrogen) atoms. The molecule has 0 aliphatic rings. The number of halogens is 2. The number of aromatic nitrogens is 1. The van der Waals surface area contributed by atoms with Gasteiger partial charge in [0, 0.05) is 10.7 Å². The molecule has 0 aliphatic carbocycles. The normalized spacial score (nSPS) is 11.9. The topological polar surface area (TPSA) is 97.2 Å².